The molecule has 0 saturated heterocycles. The molecule has 1 aromatic rings. The number of carbonyl (C=O) groups is 2. The third-order valence-corrected chi connectivity index (χ3v) is 2.25. The fourth-order valence-corrected chi connectivity index (χ4v) is 1.42. The van der Waals surface area contributed by atoms with Gasteiger partial charge in [-0.05, 0) is 17.7 Å². The van der Waals surface area contributed by atoms with Crippen molar-refractivity contribution in [3.8, 4) is 0 Å². The van der Waals surface area contributed by atoms with Crippen molar-refractivity contribution in [3.05, 3.63) is 40.9 Å². The Morgan fingerprint density at radius 1 is 1.17 bits per heavy atom. The Morgan fingerprint density at radius 3 is 2.22 bits per heavy atom. The van der Waals surface area contributed by atoms with E-state index in [9.17, 15) is 9.59 Å². The molecule has 0 radical (unpaired) electrons. The van der Waals surface area contributed by atoms with E-state index >= 15 is 0 Å². The van der Waals surface area contributed by atoms with Crippen LogP contribution < -0.4 is 0 Å². The summed E-state index contributed by atoms with van der Waals surface area (Å²) in [5.41, 5.74) is 0.739. The van der Waals surface area contributed by atoms with Crippen LogP contribution in [0.15, 0.2) is 30.3 Å². The first kappa shape index (κ1) is 14.3. The molecule has 0 atom stereocenters. The Hall–Kier alpha value is -1.81. The first-order valence-electron chi connectivity index (χ1n) is 5.26. The molecule has 0 aliphatic carbocycles. The van der Waals surface area contributed by atoms with Crippen LogP contribution in [0.5, 0.6) is 0 Å². The van der Waals surface area contributed by atoms with Crippen molar-refractivity contribution in [2.45, 2.75) is 20.1 Å². The lowest BCUT2D eigenvalue weighted by molar-refractivity contribution is -0.176. The highest BCUT2D eigenvalue weighted by atomic mass is 35.5. The molecule has 0 bridgehead atoms. The van der Waals surface area contributed by atoms with Gasteiger partial charge < -0.3 is 9.47 Å². The van der Waals surface area contributed by atoms with E-state index in [0.29, 0.717) is 5.02 Å². The van der Waals surface area contributed by atoms with Gasteiger partial charge in [-0.15, -0.1) is 0 Å². The van der Waals surface area contributed by atoms with Crippen LogP contribution in [0, 0.1) is 0 Å². The predicted molar refractivity (Wildman–Crippen MR) is 67.8 cm³/mol. The predicted octanol–water partition coefficient (Wildman–Crippen LogP) is 2.81. The molecule has 0 saturated carbocycles. The maximum Gasteiger partial charge on any atom is 0.305 e. The maximum absolute atomic E-state index is 10.8. The summed E-state index contributed by atoms with van der Waals surface area (Å²) in [4.78, 5) is 21.7. The molecule has 18 heavy (non-hydrogen) atoms. The Morgan fingerprint density at radius 2 is 1.72 bits per heavy atom. The summed E-state index contributed by atoms with van der Waals surface area (Å²) in [5, 5.41) is 0.554. The van der Waals surface area contributed by atoms with Gasteiger partial charge in [0.25, 0.3) is 6.29 Å². The smallest absolute Gasteiger partial charge is 0.305 e. The second-order valence-corrected chi connectivity index (χ2v) is 3.88. The minimum absolute atomic E-state index is 0.537. The highest BCUT2D eigenvalue weighted by Crippen LogP contribution is 2.17. The van der Waals surface area contributed by atoms with Crippen LogP contribution in [0.25, 0.3) is 6.08 Å². The average molecular weight is 269 g/mol. The third kappa shape index (κ3) is 5.01. The lowest BCUT2D eigenvalue weighted by atomic mass is 10.2. The summed E-state index contributed by atoms with van der Waals surface area (Å²) < 4.78 is 9.62. The van der Waals surface area contributed by atoms with E-state index in [1.165, 1.54) is 19.9 Å². The lowest BCUT2D eigenvalue weighted by Crippen LogP contribution is -2.19. The zero-order valence-corrected chi connectivity index (χ0v) is 10.8. The van der Waals surface area contributed by atoms with Gasteiger partial charge in [0.05, 0.1) is 0 Å². The molecule has 0 spiro atoms. The van der Waals surface area contributed by atoms with Crippen LogP contribution in [0.1, 0.15) is 19.4 Å². The quantitative estimate of drug-likeness (QED) is 0.622. The van der Waals surface area contributed by atoms with E-state index in [1.54, 1.807) is 24.3 Å². The summed E-state index contributed by atoms with van der Waals surface area (Å²) in [6, 6.07) is 7.14. The van der Waals surface area contributed by atoms with Gasteiger partial charge >= 0.3 is 11.9 Å². The second-order valence-electron chi connectivity index (χ2n) is 3.47. The summed E-state index contributed by atoms with van der Waals surface area (Å²) in [5.74, 6) is -1.07. The van der Waals surface area contributed by atoms with Gasteiger partial charge in [-0.25, -0.2) is 0 Å². The number of benzene rings is 1. The first-order valence-corrected chi connectivity index (χ1v) is 5.64. The zero-order valence-electron chi connectivity index (χ0n) is 10.1. The van der Waals surface area contributed by atoms with E-state index in [2.05, 4.69) is 0 Å². The molecule has 4 nitrogen and oxygen atoms in total. The minimum atomic E-state index is -1.05. The molecule has 5 heteroatoms. The highest BCUT2D eigenvalue weighted by Gasteiger charge is 2.11. The van der Waals surface area contributed by atoms with Gasteiger partial charge in [-0.1, -0.05) is 35.9 Å². The molecule has 0 heterocycles. The number of hydrogen-bond donors (Lipinski definition) is 0. The number of rotatable bonds is 4. The van der Waals surface area contributed by atoms with E-state index in [-0.39, 0.29) is 0 Å². The van der Waals surface area contributed by atoms with Gasteiger partial charge in [0.2, 0.25) is 0 Å². The fraction of sp³-hybridized carbons (Fsp3) is 0.231. The van der Waals surface area contributed by atoms with Crippen molar-refractivity contribution in [2.75, 3.05) is 0 Å². The van der Waals surface area contributed by atoms with Gasteiger partial charge in [-0.2, -0.15) is 0 Å². The monoisotopic (exact) mass is 268 g/mol. The van der Waals surface area contributed by atoms with E-state index in [0.717, 1.165) is 5.56 Å². The third-order valence-electron chi connectivity index (χ3n) is 1.90. The molecule has 0 unspecified atom stereocenters. The summed E-state index contributed by atoms with van der Waals surface area (Å²) >= 11 is 5.95. The second kappa shape index (κ2) is 6.81. The molecule has 0 N–H and O–H groups in total. The molecule has 96 valence electrons. The first-order chi connectivity index (χ1) is 8.49. The Bertz CT molecular complexity index is 452. The summed E-state index contributed by atoms with van der Waals surface area (Å²) in [6.45, 7) is 2.47. The molecule has 0 fully saturated rings. The van der Waals surface area contributed by atoms with Crippen LogP contribution in [0.2, 0.25) is 5.02 Å². The largest absolute Gasteiger partial charge is 0.421 e. The Kier molecular flexibility index (Phi) is 5.39. The van der Waals surface area contributed by atoms with Crippen LogP contribution in [0.4, 0.5) is 0 Å². The minimum Gasteiger partial charge on any atom is -0.421 e. The van der Waals surface area contributed by atoms with E-state index < -0.39 is 18.2 Å². The van der Waals surface area contributed by atoms with Crippen molar-refractivity contribution in [1.82, 2.24) is 0 Å². The van der Waals surface area contributed by atoms with Gasteiger partial charge in [-0.3, -0.25) is 9.59 Å². The van der Waals surface area contributed by atoms with E-state index in [4.69, 9.17) is 21.1 Å². The van der Waals surface area contributed by atoms with Crippen molar-refractivity contribution < 1.29 is 19.1 Å². The van der Waals surface area contributed by atoms with Crippen LogP contribution in [-0.2, 0) is 19.1 Å². The highest BCUT2D eigenvalue weighted by molar-refractivity contribution is 6.32. The molecule has 1 aromatic carbocycles. The SMILES string of the molecule is CC(=O)OC(/C=C/c1ccccc1Cl)OC(C)=O. The fourth-order valence-electron chi connectivity index (χ4n) is 1.22. The maximum atomic E-state index is 10.8. The van der Waals surface area contributed by atoms with Crippen molar-refractivity contribution in [1.29, 1.82) is 0 Å². The van der Waals surface area contributed by atoms with Gasteiger partial charge in [0.15, 0.2) is 0 Å². The number of esters is 2. The molecule has 0 aromatic heterocycles. The molecule has 0 aliphatic rings. The van der Waals surface area contributed by atoms with Gasteiger partial charge in [0.1, 0.15) is 0 Å². The zero-order chi connectivity index (χ0) is 13.5. The number of hydrogen-bond acceptors (Lipinski definition) is 4. The van der Waals surface area contributed by atoms with E-state index in [1.807, 2.05) is 6.07 Å². The standard InChI is InChI=1S/C13H13ClO4/c1-9(15)17-13(18-10(2)16)8-7-11-5-3-4-6-12(11)14/h3-8,13H,1-2H3/b8-7+. The number of halogens is 1. The normalized spacial score (nSPS) is 10.7. The summed E-state index contributed by atoms with van der Waals surface area (Å²) in [6.07, 6.45) is 2.03. The molecular formula is C13H13ClO4. The van der Waals surface area contributed by atoms with Gasteiger partial charge in [0, 0.05) is 18.9 Å². The number of ether oxygens (including phenoxy) is 2. The molecule has 0 aliphatic heterocycles. The average Bonchev–Trinajstić information content (AvgIpc) is 2.26. The van der Waals surface area contributed by atoms with Crippen LogP contribution >= 0.6 is 11.6 Å². The van der Waals surface area contributed by atoms with Crippen LogP contribution in [0.3, 0.4) is 0 Å². The molecule has 0 amide bonds. The lowest BCUT2D eigenvalue weighted by Gasteiger charge is -2.12. The number of carbonyl (C=O) groups excluding carboxylic acids is 2. The van der Waals surface area contributed by atoms with Crippen molar-refractivity contribution >= 4 is 29.6 Å². The molecular weight excluding hydrogens is 256 g/mol. The topological polar surface area (TPSA) is 52.6 Å². The molecule has 1 rings (SSSR count). The van der Waals surface area contributed by atoms with Crippen molar-refractivity contribution in [3.63, 3.8) is 0 Å². The summed E-state index contributed by atoms with van der Waals surface area (Å²) in [7, 11) is 0. The van der Waals surface area contributed by atoms with Crippen molar-refractivity contribution in [2.24, 2.45) is 0 Å². The Balaban J connectivity index is 2.79. The van der Waals surface area contributed by atoms with Crippen LogP contribution in [-0.4, -0.2) is 18.2 Å². The Labute approximate surface area is 110 Å².